The molecule has 0 radical (unpaired) electrons. The summed E-state index contributed by atoms with van der Waals surface area (Å²) in [5, 5.41) is 9.43. The molecule has 1 aliphatic rings. The molecule has 2 aromatic rings. The van der Waals surface area contributed by atoms with Crippen LogP contribution in [0.5, 0.6) is 11.5 Å². The summed E-state index contributed by atoms with van der Waals surface area (Å²) in [6.07, 6.45) is 1.49. The highest BCUT2D eigenvalue weighted by Crippen LogP contribution is 2.37. The Morgan fingerprint density at radius 1 is 1.15 bits per heavy atom. The van der Waals surface area contributed by atoms with E-state index in [4.69, 9.17) is 9.47 Å². The van der Waals surface area contributed by atoms with E-state index in [0.717, 1.165) is 18.1 Å². The van der Waals surface area contributed by atoms with Crippen molar-refractivity contribution < 1.29 is 27.8 Å². The number of sulfonamides is 1. The molecule has 0 aromatic heterocycles. The quantitative estimate of drug-likeness (QED) is 0.861. The van der Waals surface area contributed by atoms with Gasteiger partial charge in [0, 0.05) is 12.6 Å². The Bertz CT molecular complexity index is 954. The van der Waals surface area contributed by atoms with Gasteiger partial charge in [0.25, 0.3) is 10.0 Å². The molecular weight excluding hydrogens is 358 g/mol. The van der Waals surface area contributed by atoms with Crippen LogP contribution in [0.3, 0.4) is 0 Å². The summed E-state index contributed by atoms with van der Waals surface area (Å²) in [6, 6.07) is 9.70. The number of ether oxygens (including phenoxy) is 2. The van der Waals surface area contributed by atoms with E-state index >= 15 is 0 Å². The lowest BCUT2D eigenvalue weighted by molar-refractivity contribution is 0.0692. The standard InChI is InChI=1S/C18H19NO6S/c1-24-16-11-13(10-14(18(20)21)17(16)25-2)26(22,23)19-9-5-7-12-6-3-4-8-15(12)19/h3-4,6,8,10-11H,5,7,9H2,1-2H3,(H,20,21). The molecule has 0 saturated carbocycles. The topological polar surface area (TPSA) is 93.1 Å². The van der Waals surface area contributed by atoms with Crippen molar-refractivity contribution >= 4 is 21.7 Å². The lowest BCUT2D eigenvalue weighted by atomic mass is 10.0. The van der Waals surface area contributed by atoms with Crippen LogP contribution in [0, 0.1) is 0 Å². The van der Waals surface area contributed by atoms with Crippen LogP contribution in [-0.2, 0) is 16.4 Å². The molecule has 0 amide bonds. The molecule has 2 aromatic carbocycles. The Hall–Kier alpha value is -2.74. The number of anilines is 1. The Kier molecular flexibility index (Phi) is 4.78. The molecule has 26 heavy (non-hydrogen) atoms. The van der Waals surface area contributed by atoms with Crippen molar-refractivity contribution in [1.82, 2.24) is 0 Å². The highest BCUT2D eigenvalue weighted by atomic mass is 32.2. The number of hydrogen-bond donors (Lipinski definition) is 1. The lowest BCUT2D eigenvalue weighted by Crippen LogP contribution is -2.35. The average molecular weight is 377 g/mol. The van der Waals surface area contributed by atoms with Crippen LogP contribution >= 0.6 is 0 Å². The zero-order valence-corrected chi connectivity index (χ0v) is 15.2. The third-order valence-corrected chi connectivity index (χ3v) is 6.13. The first-order valence-electron chi connectivity index (χ1n) is 8.00. The third kappa shape index (κ3) is 2.96. The van der Waals surface area contributed by atoms with Gasteiger partial charge in [0.2, 0.25) is 0 Å². The molecule has 1 aliphatic heterocycles. The Morgan fingerprint density at radius 3 is 2.54 bits per heavy atom. The largest absolute Gasteiger partial charge is 0.493 e. The first kappa shape index (κ1) is 18.1. The van der Waals surface area contributed by atoms with Crippen LogP contribution in [0.2, 0.25) is 0 Å². The van der Waals surface area contributed by atoms with Gasteiger partial charge in [-0.15, -0.1) is 0 Å². The number of fused-ring (bicyclic) bond motifs is 1. The molecule has 8 heteroatoms. The summed E-state index contributed by atoms with van der Waals surface area (Å²) in [4.78, 5) is 11.4. The number of carboxylic acid groups (broad SMARTS) is 1. The van der Waals surface area contributed by atoms with Gasteiger partial charge in [-0.05, 0) is 30.5 Å². The fraction of sp³-hybridized carbons (Fsp3) is 0.278. The highest BCUT2D eigenvalue weighted by molar-refractivity contribution is 7.92. The first-order valence-corrected chi connectivity index (χ1v) is 9.44. The molecular formula is C18H19NO6S. The lowest BCUT2D eigenvalue weighted by Gasteiger charge is -2.30. The molecule has 0 fully saturated rings. The molecule has 3 rings (SSSR count). The smallest absolute Gasteiger partial charge is 0.339 e. The number of carboxylic acids is 1. The minimum atomic E-state index is -3.95. The van der Waals surface area contributed by atoms with Crippen molar-refractivity contribution in [1.29, 1.82) is 0 Å². The fourth-order valence-electron chi connectivity index (χ4n) is 3.12. The van der Waals surface area contributed by atoms with Crippen LogP contribution in [0.4, 0.5) is 5.69 Å². The predicted molar refractivity (Wildman–Crippen MR) is 95.8 cm³/mol. The summed E-state index contributed by atoms with van der Waals surface area (Å²) in [6.45, 7) is 0.329. The fourth-order valence-corrected chi connectivity index (χ4v) is 4.71. The number of carbonyl (C=O) groups is 1. The maximum Gasteiger partial charge on any atom is 0.339 e. The van der Waals surface area contributed by atoms with Gasteiger partial charge in [-0.1, -0.05) is 18.2 Å². The minimum Gasteiger partial charge on any atom is -0.493 e. The van der Waals surface area contributed by atoms with Crippen LogP contribution in [0.15, 0.2) is 41.3 Å². The van der Waals surface area contributed by atoms with Gasteiger partial charge in [-0.25, -0.2) is 13.2 Å². The van der Waals surface area contributed by atoms with Gasteiger partial charge in [0.1, 0.15) is 5.56 Å². The molecule has 7 nitrogen and oxygen atoms in total. The number of nitrogens with zero attached hydrogens (tertiary/aromatic N) is 1. The predicted octanol–water partition coefficient (Wildman–Crippen LogP) is 2.54. The Labute approximate surface area is 151 Å². The van der Waals surface area contributed by atoms with Gasteiger partial charge in [0.15, 0.2) is 11.5 Å². The molecule has 1 N–H and O–H groups in total. The van der Waals surface area contributed by atoms with E-state index in [1.807, 2.05) is 12.1 Å². The third-order valence-electron chi connectivity index (χ3n) is 4.34. The number of aromatic carboxylic acids is 1. The zero-order chi connectivity index (χ0) is 18.9. The minimum absolute atomic E-state index is 0.0157. The summed E-state index contributed by atoms with van der Waals surface area (Å²) >= 11 is 0. The molecule has 0 bridgehead atoms. The van der Waals surface area contributed by atoms with E-state index in [1.54, 1.807) is 12.1 Å². The van der Waals surface area contributed by atoms with Crippen LogP contribution in [0.25, 0.3) is 0 Å². The zero-order valence-electron chi connectivity index (χ0n) is 14.4. The van der Waals surface area contributed by atoms with Gasteiger partial charge in [-0.2, -0.15) is 0 Å². The summed E-state index contributed by atoms with van der Waals surface area (Å²) < 4.78 is 38.0. The van der Waals surface area contributed by atoms with Crippen molar-refractivity contribution in [2.24, 2.45) is 0 Å². The molecule has 0 spiro atoms. The second-order valence-electron chi connectivity index (χ2n) is 5.82. The second-order valence-corrected chi connectivity index (χ2v) is 7.68. The summed E-state index contributed by atoms with van der Waals surface area (Å²) in [7, 11) is -1.32. The number of methoxy groups -OCH3 is 2. The number of para-hydroxylation sites is 1. The average Bonchev–Trinajstić information content (AvgIpc) is 2.66. The Balaban J connectivity index is 2.17. The van der Waals surface area contributed by atoms with Gasteiger partial charge >= 0.3 is 5.97 Å². The molecule has 138 valence electrons. The van der Waals surface area contributed by atoms with E-state index in [0.29, 0.717) is 18.7 Å². The van der Waals surface area contributed by atoms with Crippen molar-refractivity contribution in [2.45, 2.75) is 17.7 Å². The summed E-state index contributed by atoms with van der Waals surface area (Å²) in [5.41, 5.74) is 1.29. The normalized spacial score (nSPS) is 13.8. The molecule has 0 aliphatic carbocycles. The van der Waals surface area contributed by atoms with Crippen LogP contribution in [0.1, 0.15) is 22.3 Å². The second kappa shape index (κ2) is 6.87. The van der Waals surface area contributed by atoms with Gasteiger partial charge in [-0.3, -0.25) is 4.31 Å². The van der Waals surface area contributed by atoms with E-state index in [9.17, 15) is 18.3 Å². The monoisotopic (exact) mass is 377 g/mol. The van der Waals surface area contributed by atoms with E-state index in [2.05, 4.69) is 0 Å². The highest BCUT2D eigenvalue weighted by Gasteiger charge is 2.31. The maximum atomic E-state index is 13.2. The number of hydrogen-bond acceptors (Lipinski definition) is 5. The summed E-state index contributed by atoms with van der Waals surface area (Å²) in [5.74, 6) is -1.26. The van der Waals surface area contributed by atoms with E-state index < -0.39 is 16.0 Å². The number of benzene rings is 2. The van der Waals surface area contributed by atoms with Crippen LogP contribution in [-0.4, -0.2) is 40.3 Å². The SMILES string of the molecule is COc1cc(S(=O)(=O)N2CCCc3ccccc32)cc(C(=O)O)c1OC. The van der Waals surface area contributed by atoms with Crippen LogP contribution < -0.4 is 13.8 Å². The van der Waals surface area contributed by atoms with E-state index in [-0.39, 0.29) is 22.0 Å². The van der Waals surface area contributed by atoms with Gasteiger partial charge in [0.05, 0.1) is 24.8 Å². The van der Waals surface area contributed by atoms with Gasteiger partial charge < -0.3 is 14.6 Å². The number of rotatable bonds is 5. The molecule has 1 heterocycles. The van der Waals surface area contributed by atoms with E-state index in [1.165, 1.54) is 24.6 Å². The van der Waals surface area contributed by atoms with Crippen molar-refractivity contribution in [3.05, 3.63) is 47.5 Å². The maximum absolute atomic E-state index is 13.2. The van der Waals surface area contributed by atoms with Crippen molar-refractivity contribution in [2.75, 3.05) is 25.1 Å². The first-order chi connectivity index (χ1) is 12.4. The van der Waals surface area contributed by atoms with Crippen molar-refractivity contribution in [3.63, 3.8) is 0 Å². The van der Waals surface area contributed by atoms with Crippen molar-refractivity contribution in [3.8, 4) is 11.5 Å². The molecule has 0 atom stereocenters. The molecule has 0 unspecified atom stereocenters. The Morgan fingerprint density at radius 2 is 1.88 bits per heavy atom. The number of aryl methyl sites for hydroxylation is 1. The molecule has 0 saturated heterocycles.